The molecule has 0 bridgehead atoms. The number of aromatic nitrogens is 1. The molecule has 2 rings (SSSR count). The maximum atomic E-state index is 9.08. The smallest absolute Gasteiger partial charge is 0.260 e. The first-order valence-electron chi connectivity index (χ1n) is 4.16. The predicted octanol–water partition coefficient (Wildman–Crippen LogP) is 2.32. The zero-order chi connectivity index (χ0) is 9.80. The van der Waals surface area contributed by atoms with Crippen molar-refractivity contribution in [2.75, 3.05) is 0 Å². The second-order valence-corrected chi connectivity index (χ2v) is 3.66. The molecule has 0 aliphatic rings. The van der Waals surface area contributed by atoms with E-state index in [9.17, 15) is 0 Å². The van der Waals surface area contributed by atoms with Crippen molar-refractivity contribution in [2.24, 2.45) is 0 Å². The third-order valence-corrected chi connectivity index (χ3v) is 2.74. The number of aliphatic hydroxyl groups is 1. The van der Waals surface area contributed by atoms with Gasteiger partial charge in [0.15, 0.2) is 0 Å². The summed E-state index contributed by atoms with van der Waals surface area (Å²) in [5.41, 5.74) is 0.885. The average Bonchev–Trinajstić information content (AvgIpc) is 2.71. The Hall–Kier alpha value is -1.26. The van der Waals surface area contributed by atoms with E-state index < -0.39 is 0 Å². The Morgan fingerprint density at radius 1 is 1.36 bits per heavy atom. The number of hydrogen-bond donors (Lipinski definition) is 1. The number of hydrogen-bond acceptors (Lipinski definition) is 4. The summed E-state index contributed by atoms with van der Waals surface area (Å²) in [4.78, 5) is 4.97. The molecule has 0 amide bonds. The number of rotatable bonds is 3. The first-order chi connectivity index (χ1) is 6.90. The van der Waals surface area contributed by atoms with Crippen molar-refractivity contribution >= 4 is 11.8 Å². The lowest BCUT2D eigenvalue weighted by molar-refractivity contribution is 0.279. The van der Waals surface area contributed by atoms with Crippen LogP contribution in [0.3, 0.4) is 0 Å². The van der Waals surface area contributed by atoms with E-state index in [-0.39, 0.29) is 6.61 Å². The molecule has 72 valence electrons. The lowest BCUT2D eigenvalue weighted by atomic mass is 10.2. The summed E-state index contributed by atoms with van der Waals surface area (Å²) < 4.78 is 5.11. The molecule has 1 heterocycles. The molecule has 0 radical (unpaired) electrons. The second-order valence-electron chi connectivity index (χ2n) is 2.67. The average molecular weight is 207 g/mol. The summed E-state index contributed by atoms with van der Waals surface area (Å²) in [7, 11) is 0. The summed E-state index contributed by atoms with van der Waals surface area (Å²) in [6, 6.07) is 7.63. The Balaban J connectivity index is 2.24. The van der Waals surface area contributed by atoms with Crippen molar-refractivity contribution in [2.45, 2.75) is 16.7 Å². The van der Waals surface area contributed by atoms with E-state index in [0.717, 1.165) is 10.5 Å². The molecule has 0 atom stereocenters. The van der Waals surface area contributed by atoms with Crippen LogP contribution in [0.2, 0.25) is 0 Å². The Kier molecular flexibility index (Phi) is 2.86. The molecule has 1 N–H and O–H groups in total. The van der Waals surface area contributed by atoms with E-state index in [1.54, 1.807) is 6.20 Å². The monoisotopic (exact) mass is 207 g/mol. The fraction of sp³-hybridized carbons (Fsp3) is 0.100. The second kappa shape index (κ2) is 4.30. The number of aliphatic hydroxyl groups excluding tert-OH is 1. The lowest BCUT2D eigenvalue weighted by Gasteiger charge is -2.02. The zero-order valence-electron chi connectivity index (χ0n) is 7.38. The van der Waals surface area contributed by atoms with E-state index in [1.807, 2.05) is 24.3 Å². The maximum Gasteiger partial charge on any atom is 0.260 e. The summed E-state index contributed by atoms with van der Waals surface area (Å²) in [6.45, 7) is 0.0316. The molecule has 0 saturated carbocycles. The van der Waals surface area contributed by atoms with Gasteiger partial charge < -0.3 is 9.52 Å². The molecule has 4 heteroatoms. The van der Waals surface area contributed by atoms with E-state index in [4.69, 9.17) is 9.52 Å². The molecule has 0 aliphatic heterocycles. The first kappa shape index (κ1) is 9.30. The van der Waals surface area contributed by atoms with Gasteiger partial charge in [-0.15, -0.1) is 0 Å². The number of nitrogens with zero attached hydrogens (tertiary/aromatic N) is 1. The van der Waals surface area contributed by atoms with Gasteiger partial charge in [-0.2, -0.15) is 0 Å². The van der Waals surface area contributed by atoms with Crippen LogP contribution in [0.25, 0.3) is 0 Å². The topological polar surface area (TPSA) is 46.3 Å². The molecule has 0 fully saturated rings. The van der Waals surface area contributed by atoms with Gasteiger partial charge in [-0.1, -0.05) is 18.2 Å². The normalized spacial score (nSPS) is 10.4. The van der Waals surface area contributed by atoms with Crippen LogP contribution in [0.15, 0.2) is 51.3 Å². The Morgan fingerprint density at radius 2 is 2.21 bits per heavy atom. The molecular weight excluding hydrogens is 198 g/mol. The molecule has 2 aromatic rings. The molecule has 0 saturated heterocycles. The van der Waals surface area contributed by atoms with Gasteiger partial charge >= 0.3 is 0 Å². The third-order valence-electron chi connectivity index (χ3n) is 1.75. The minimum absolute atomic E-state index is 0.0316. The van der Waals surface area contributed by atoms with Gasteiger partial charge in [0, 0.05) is 4.90 Å². The fourth-order valence-electron chi connectivity index (χ4n) is 1.09. The van der Waals surface area contributed by atoms with Crippen LogP contribution in [0.4, 0.5) is 0 Å². The van der Waals surface area contributed by atoms with Gasteiger partial charge in [-0.25, -0.2) is 4.98 Å². The Labute approximate surface area is 85.8 Å². The summed E-state index contributed by atoms with van der Waals surface area (Å²) in [5.74, 6) is 0. The van der Waals surface area contributed by atoms with Crippen molar-refractivity contribution in [1.29, 1.82) is 0 Å². The van der Waals surface area contributed by atoms with E-state index >= 15 is 0 Å². The van der Waals surface area contributed by atoms with Crippen LogP contribution in [0.1, 0.15) is 5.56 Å². The lowest BCUT2D eigenvalue weighted by Crippen LogP contribution is -1.86. The van der Waals surface area contributed by atoms with E-state index in [1.165, 1.54) is 18.0 Å². The largest absolute Gasteiger partial charge is 0.440 e. The quantitative estimate of drug-likeness (QED) is 0.839. The Morgan fingerprint density at radius 3 is 2.93 bits per heavy atom. The molecule has 0 spiro atoms. The predicted molar refractivity (Wildman–Crippen MR) is 53.0 cm³/mol. The van der Waals surface area contributed by atoms with Gasteiger partial charge in [0.2, 0.25) is 0 Å². The van der Waals surface area contributed by atoms with Crippen LogP contribution in [-0.4, -0.2) is 10.1 Å². The number of oxazole rings is 1. The summed E-state index contributed by atoms with van der Waals surface area (Å²) >= 11 is 1.41. The van der Waals surface area contributed by atoms with Crippen molar-refractivity contribution in [3.05, 3.63) is 42.3 Å². The molecule has 1 aromatic heterocycles. The third kappa shape index (κ3) is 1.97. The SMILES string of the molecule is OCc1ccccc1Sc1ncco1. The van der Waals surface area contributed by atoms with Crippen LogP contribution >= 0.6 is 11.8 Å². The molecule has 0 aliphatic carbocycles. The van der Waals surface area contributed by atoms with Crippen molar-refractivity contribution < 1.29 is 9.52 Å². The van der Waals surface area contributed by atoms with Gasteiger partial charge in [0.05, 0.1) is 12.8 Å². The maximum absolute atomic E-state index is 9.08. The molecule has 14 heavy (non-hydrogen) atoms. The highest BCUT2D eigenvalue weighted by Gasteiger charge is 2.05. The fourth-order valence-corrected chi connectivity index (χ4v) is 1.90. The number of benzene rings is 1. The minimum Gasteiger partial charge on any atom is -0.440 e. The molecular formula is C10H9NO2S. The van der Waals surface area contributed by atoms with E-state index in [2.05, 4.69) is 4.98 Å². The van der Waals surface area contributed by atoms with Gasteiger partial charge in [-0.3, -0.25) is 0 Å². The van der Waals surface area contributed by atoms with Crippen molar-refractivity contribution in [1.82, 2.24) is 4.98 Å². The molecule has 1 aromatic carbocycles. The minimum atomic E-state index is 0.0316. The van der Waals surface area contributed by atoms with Gasteiger partial charge in [0.1, 0.15) is 6.26 Å². The van der Waals surface area contributed by atoms with Crippen LogP contribution in [-0.2, 0) is 6.61 Å². The standard InChI is InChI=1S/C10H9NO2S/c12-7-8-3-1-2-4-9(8)14-10-11-5-6-13-10/h1-6,12H,7H2. The summed E-state index contributed by atoms with van der Waals surface area (Å²) in [5, 5.41) is 9.67. The highest BCUT2D eigenvalue weighted by atomic mass is 32.2. The van der Waals surface area contributed by atoms with Crippen LogP contribution in [0.5, 0.6) is 0 Å². The van der Waals surface area contributed by atoms with Crippen molar-refractivity contribution in [3.8, 4) is 0 Å². The Bertz CT molecular complexity index is 400. The first-order valence-corrected chi connectivity index (χ1v) is 4.98. The van der Waals surface area contributed by atoms with Gasteiger partial charge in [0.25, 0.3) is 5.22 Å². The summed E-state index contributed by atoms with van der Waals surface area (Å²) in [6.07, 6.45) is 3.13. The highest BCUT2D eigenvalue weighted by molar-refractivity contribution is 7.99. The zero-order valence-corrected chi connectivity index (χ0v) is 8.20. The van der Waals surface area contributed by atoms with Crippen LogP contribution < -0.4 is 0 Å². The molecule has 0 unspecified atom stereocenters. The van der Waals surface area contributed by atoms with Crippen molar-refractivity contribution in [3.63, 3.8) is 0 Å². The molecule has 3 nitrogen and oxygen atoms in total. The highest BCUT2D eigenvalue weighted by Crippen LogP contribution is 2.28. The van der Waals surface area contributed by atoms with Crippen LogP contribution in [0, 0.1) is 0 Å². The van der Waals surface area contributed by atoms with E-state index in [0.29, 0.717) is 5.22 Å². The van der Waals surface area contributed by atoms with Gasteiger partial charge in [-0.05, 0) is 23.4 Å².